The van der Waals surface area contributed by atoms with E-state index in [1.807, 2.05) is 13.0 Å². The topological polar surface area (TPSA) is 62.0 Å². The molecule has 1 N–H and O–H groups in total. The number of halogens is 1. The van der Waals surface area contributed by atoms with Gasteiger partial charge in [-0.1, -0.05) is 23.7 Å². The Labute approximate surface area is 105 Å². The van der Waals surface area contributed by atoms with E-state index < -0.39 is 0 Å². The summed E-state index contributed by atoms with van der Waals surface area (Å²) in [6.07, 6.45) is 0. The van der Waals surface area contributed by atoms with Gasteiger partial charge in [-0.2, -0.15) is 0 Å². The maximum absolute atomic E-state index is 11.2. The Kier molecular flexibility index (Phi) is 4.40. The molecule has 0 saturated carbocycles. The number of carbonyl (C=O) groups is 1. The Balaban J connectivity index is 3.14. The molecule has 17 heavy (non-hydrogen) atoms. The van der Waals surface area contributed by atoms with E-state index in [0.29, 0.717) is 10.7 Å². The first-order valence-electron chi connectivity index (χ1n) is 5.01. The van der Waals surface area contributed by atoms with Crippen LogP contribution in [0.3, 0.4) is 0 Å². The Morgan fingerprint density at radius 3 is 2.47 bits per heavy atom. The van der Waals surface area contributed by atoms with E-state index in [0.717, 1.165) is 5.56 Å². The molecule has 0 heterocycles. The van der Waals surface area contributed by atoms with Crippen molar-refractivity contribution in [2.45, 2.75) is 20.8 Å². The number of ketones is 1. The lowest BCUT2D eigenvalue weighted by Crippen LogP contribution is -1.96. The SMILES string of the molecule is CC(=O)/C(N=Nc1c(C)cccc1Cl)=C(\C)O. The van der Waals surface area contributed by atoms with E-state index in [1.165, 1.54) is 13.8 Å². The van der Waals surface area contributed by atoms with Crippen LogP contribution in [-0.4, -0.2) is 10.9 Å². The lowest BCUT2D eigenvalue weighted by Gasteiger charge is -2.01. The average molecular weight is 253 g/mol. The van der Waals surface area contributed by atoms with Gasteiger partial charge in [0.15, 0.2) is 11.5 Å². The Morgan fingerprint density at radius 2 is 2.00 bits per heavy atom. The molecule has 1 aromatic carbocycles. The van der Waals surface area contributed by atoms with Gasteiger partial charge in [-0.25, -0.2) is 0 Å². The van der Waals surface area contributed by atoms with E-state index in [4.69, 9.17) is 11.6 Å². The average Bonchev–Trinajstić information content (AvgIpc) is 2.21. The van der Waals surface area contributed by atoms with Gasteiger partial charge in [0, 0.05) is 6.92 Å². The van der Waals surface area contributed by atoms with E-state index in [-0.39, 0.29) is 17.2 Å². The zero-order chi connectivity index (χ0) is 13.0. The predicted molar refractivity (Wildman–Crippen MR) is 66.7 cm³/mol. The number of hydrogen-bond donors (Lipinski definition) is 1. The molecule has 0 atom stereocenters. The van der Waals surface area contributed by atoms with Crippen LogP contribution < -0.4 is 0 Å². The number of benzene rings is 1. The van der Waals surface area contributed by atoms with Crippen LogP contribution >= 0.6 is 11.6 Å². The Hall–Kier alpha value is -1.68. The molecule has 4 nitrogen and oxygen atoms in total. The maximum Gasteiger partial charge on any atom is 0.183 e. The largest absolute Gasteiger partial charge is 0.510 e. The highest BCUT2D eigenvalue weighted by atomic mass is 35.5. The molecule has 0 amide bonds. The number of rotatable bonds is 3. The zero-order valence-corrected chi connectivity index (χ0v) is 10.6. The molecule has 0 saturated heterocycles. The van der Waals surface area contributed by atoms with Crippen molar-refractivity contribution in [3.8, 4) is 0 Å². The normalized spacial score (nSPS) is 12.7. The maximum atomic E-state index is 11.2. The van der Waals surface area contributed by atoms with Crippen molar-refractivity contribution >= 4 is 23.1 Å². The number of aliphatic hydroxyl groups is 1. The first-order valence-corrected chi connectivity index (χ1v) is 5.39. The van der Waals surface area contributed by atoms with Crippen molar-refractivity contribution in [3.63, 3.8) is 0 Å². The molecular weight excluding hydrogens is 240 g/mol. The van der Waals surface area contributed by atoms with Crippen LogP contribution in [-0.2, 0) is 4.79 Å². The van der Waals surface area contributed by atoms with Crippen LogP contribution in [0.2, 0.25) is 5.02 Å². The van der Waals surface area contributed by atoms with Gasteiger partial charge in [-0.05, 0) is 25.5 Å². The van der Waals surface area contributed by atoms with E-state index in [9.17, 15) is 9.90 Å². The summed E-state index contributed by atoms with van der Waals surface area (Å²) in [5.41, 5.74) is 1.28. The molecule has 0 radical (unpaired) electrons. The van der Waals surface area contributed by atoms with Crippen LogP contribution in [0.1, 0.15) is 19.4 Å². The standard InChI is InChI=1S/C12H13ClN2O2/c1-7-5-4-6-10(13)11(7)14-15-12(8(2)16)9(3)17/h4-6,16H,1-3H3/b12-8-,15-14?. The van der Waals surface area contributed by atoms with Crippen molar-refractivity contribution in [2.75, 3.05) is 0 Å². The molecule has 90 valence electrons. The predicted octanol–water partition coefficient (Wildman–Crippen LogP) is 4.11. The summed E-state index contributed by atoms with van der Waals surface area (Å²) in [5.74, 6) is -0.510. The third-order valence-electron chi connectivity index (χ3n) is 2.11. The van der Waals surface area contributed by atoms with Gasteiger partial charge >= 0.3 is 0 Å². The van der Waals surface area contributed by atoms with Crippen molar-refractivity contribution in [2.24, 2.45) is 10.2 Å². The third-order valence-corrected chi connectivity index (χ3v) is 2.42. The third kappa shape index (κ3) is 3.39. The first-order chi connectivity index (χ1) is 7.93. The van der Waals surface area contributed by atoms with Gasteiger partial charge in [0.05, 0.1) is 5.02 Å². The van der Waals surface area contributed by atoms with E-state index >= 15 is 0 Å². The van der Waals surface area contributed by atoms with Crippen LogP contribution in [0.5, 0.6) is 0 Å². The van der Waals surface area contributed by atoms with Crippen molar-refractivity contribution in [3.05, 3.63) is 40.2 Å². The molecule has 0 aliphatic heterocycles. The highest BCUT2D eigenvalue weighted by Gasteiger charge is 2.08. The number of Topliss-reactive ketones (excluding diaryl/α,β-unsaturated/α-hetero) is 1. The van der Waals surface area contributed by atoms with Crippen LogP contribution in [0.4, 0.5) is 5.69 Å². The number of aryl methyl sites for hydroxylation is 1. The van der Waals surface area contributed by atoms with Crippen LogP contribution in [0.25, 0.3) is 0 Å². The molecule has 0 aliphatic rings. The lowest BCUT2D eigenvalue weighted by molar-refractivity contribution is -0.113. The van der Waals surface area contributed by atoms with Crippen LogP contribution in [0.15, 0.2) is 39.9 Å². The summed E-state index contributed by atoms with van der Waals surface area (Å²) < 4.78 is 0. The second kappa shape index (κ2) is 5.59. The van der Waals surface area contributed by atoms with Crippen LogP contribution in [0, 0.1) is 6.92 Å². The minimum Gasteiger partial charge on any atom is -0.510 e. The molecule has 0 aliphatic carbocycles. The minimum atomic E-state index is -0.349. The fraction of sp³-hybridized carbons (Fsp3) is 0.250. The number of azo groups is 1. The summed E-state index contributed by atoms with van der Waals surface area (Å²) in [7, 11) is 0. The smallest absolute Gasteiger partial charge is 0.183 e. The van der Waals surface area contributed by atoms with Crippen molar-refractivity contribution < 1.29 is 9.90 Å². The number of allylic oxidation sites excluding steroid dienone is 2. The monoisotopic (exact) mass is 252 g/mol. The minimum absolute atomic E-state index is 0.0654. The molecule has 1 rings (SSSR count). The second-order valence-corrected chi connectivity index (χ2v) is 4.00. The molecule has 5 heteroatoms. The Morgan fingerprint density at radius 1 is 1.35 bits per heavy atom. The van der Waals surface area contributed by atoms with Gasteiger partial charge < -0.3 is 5.11 Å². The zero-order valence-electron chi connectivity index (χ0n) is 9.86. The summed E-state index contributed by atoms with van der Waals surface area (Å²) in [6, 6.07) is 5.32. The highest BCUT2D eigenvalue weighted by Crippen LogP contribution is 2.29. The fourth-order valence-corrected chi connectivity index (χ4v) is 1.51. The molecule has 0 aromatic heterocycles. The molecule has 0 unspecified atom stereocenters. The second-order valence-electron chi connectivity index (χ2n) is 3.60. The summed E-state index contributed by atoms with van der Waals surface area (Å²) >= 11 is 5.95. The van der Waals surface area contributed by atoms with Gasteiger partial charge in [-0.15, -0.1) is 10.2 Å². The quantitative estimate of drug-likeness (QED) is 0.500. The lowest BCUT2D eigenvalue weighted by atomic mass is 10.2. The summed E-state index contributed by atoms with van der Waals surface area (Å²) in [6.45, 7) is 4.53. The van der Waals surface area contributed by atoms with E-state index in [1.54, 1.807) is 12.1 Å². The van der Waals surface area contributed by atoms with Crippen molar-refractivity contribution in [1.29, 1.82) is 0 Å². The summed E-state index contributed by atoms with van der Waals surface area (Å²) in [5, 5.41) is 17.4. The fourth-order valence-electron chi connectivity index (χ4n) is 1.25. The molecule has 1 aromatic rings. The van der Waals surface area contributed by atoms with Crippen molar-refractivity contribution in [1.82, 2.24) is 0 Å². The summed E-state index contributed by atoms with van der Waals surface area (Å²) in [4.78, 5) is 11.2. The van der Waals surface area contributed by atoms with Gasteiger partial charge in [-0.3, -0.25) is 4.79 Å². The molecule has 0 bridgehead atoms. The molecule has 0 spiro atoms. The number of aliphatic hydroxyl groups excluding tert-OH is 1. The highest BCUT2D eigenvalue weighted by molar-refractivity contribution is 6.33. The van der Waals surface area contributed by atoms with Gasteiger partial charge in [0.25, 0.3) is 0 Å². The molecule has 0 fully saturated rings. The number of carbonyl (C=O) groups excluding carboxylic acids is 1. The molecular formula is C12H13ClN2O2. The number of nitrogens with zero attached hydrogens (tertiary/aromatic N) is 2. The first kappa shape index (κ1) is 13.4. The van der Waals surface area contributed by atoms with Gasteiger partial charge in [0.1, 0.15) is 11.4 Å². The van der Waals surface area contributed by atoms with E-state index in [2.05, 4.69) is 10.2 Å². The van der Waals surface area contributed by atoms with Gasteiger partial charge in [0.2, 0.25) is 0 Å². The Bertz CT molecular complexity index is 483. The number of hydrogen-bond acceptors (Lipinski definition) is 4.